The molecule has 3 aromatic rings. The lowest BCUT2D eigenvalue weighted by Crippen LogP contribution is -2.25. The van der Waals surface area contributed by atoms with E-state index >= 15 is 0 Å². The third-order valence-corrected chi connectivity index (χ3v) is 5.14. The molecule has 0 aliphatic carbocycles. The van der Waals surface area contributed by atoms with Crippen molar-refractivity contribution in [2.45, 2.75) is 11.3 Å². The van der Waals surface area contributed by atoms with Gasteiger partial charge in [-0.15, -0.1) is 11.8 Å². The molecule has 29 heavy (non-hydrogen) atoms. The van der Waals surface area contributed by atoms with Crippen LogP contribution in [0.5, 0.6) is 0 Å². The fourth-order valence-electron chi connectivity index (χ4n) is 2.67. The molecule has 3 rings (SSSR count). The summed E-state index contributed by atoms with van der Waals surface area (Å²) in [6.45, 7) is 0.549. The molecule has 1 aromatic heterocycles. The van der Waals surface area contributed by atoms with Crippen LogP contribution in [0.4, 0.5) is 0 Å². The van der Waals surface area contributed by atoms with Crippen molar-refractivity contribution in [3.63, 3.8) is 0 Å². The number of benzene rings is 2. The van der Waals surface area contributed by atoms with Gasteiger partial charge in [0.25, 0.3) is 11.5 Å². The molecule has 1 heterocycles. The molecule has 8 heteroatoms. The number of carbonyl (C=O) groups is 2. The molecule has 0 radical (unpaired) electrons. The number of rotatable bonds is 8. The van der Waals surface area contributed by atoms with Gasteiger partial charge in [0.2, 0.25) is 0 Å². The zero-order valence-electron chi connectivity index (χ0n) is 15.9. The van der Waals surface area contributed by atoms with Crippen LogP contribution in [0, 0.1) is 0 Å². The summed E-state index contributed by atoms with van der Waals surface area (Å²) in [6.07, 6.45) is -0.0137. The van der Waals surface area contributed by atoms with E-state index in [1.807, 2.05) is 30.3 Å². The van der Waals surface area contributed by atoms with E-state index in [1.54, 1.807) is 36.0 Å². The van der Waals surface area contributed by atoms with E-state index in [4.69, 9.17) is 0 Å². The molecule has 0 saturated heterocycles. The third-order valence-electron chi connectivity index (χ3n) is 4.12. The average Bonchev–Trinajstić information content (AvgIpc) is 3.11. The van der Waals surface area contributed by atoms with Crippen molar-refractivity contribution in [1.29, 1.82) is 0 Å². The number of methoxy groups -OCH3 is 1. The Morgan fingerprint density at radius 1 is 1.10 bits per heavy atom. The van der Waals surface area contributed by atoms with Crippen molar-refractivity contribution in [1.82, 2.24) is 15.1 Å². The molecule has 0 saturated carbocycles. The minimum absolute atomic E-state index is 0.0137. The van der Waals surface area contributed by atoms with E-state index in [0.717, 1.165) is 10.6 Å². The van der Waals surface area contributed by atoms with E-state index in [-0.39, 0.29) is 17.9 Å². The van der Waals surface area contributed by atoms with Gasteiger partial charge in [0.15, 0.2) is 0 Å². The molecule has 2 N–H and O–H groups in total. The Morgan fingerprint density at radius 3 is 2.52 bits per heavy atom. The maximum absolute atomic E-state index is 12.3. The molecule has 0 aliphatic heterocycles. The van der Waals surface area contributed by atoms with Crippen molar-refractivity contribution in [2.75, 3.05) is 19.4 Å². The highest BCUT2D eigenvalue weighted by Crippen LogP contribution is 2.16. The van der Waals surface area contributed by atoms with Gasteiger partial charge in [0.1, 0.15) is 0 Å². The van der Waals surface area contributed by atoms with Crippen LogP contribution in [0.25, 0.3) is 5.69 Å². The molecule has 0 fully saturated rings. The predicted octanol–water partition coefficient (Wildman–Crippen LogP) is 2.40. The Bertz CT molecular complexity index is 1030. The molecule has 0 spiro atoms. The van der Waals surface area contributed by atoms with E-state index in [9.17, 15) is 14.4 Å². The minimum atomic E-state index is -0.434. The van der Waals surface area contributed by atoms with Crippen LogP contribution in [0.1, 0.15) is 16.1 Å². The van der Waals surface area contributed by atoms with Crippen LogP contribution < -0.4 is 10.9 Å². The average molecular weight is 411 g/mol. The second kappa shape index (κ2) is 9.79. The number of amides is 1. The summed E-state index contributed by atoms with van der Waals surface area (Å²) in [7, 11) is 1.29. The Balaban J connectivity index is 1.56. The van der Waals surface area contributed by atoms with Gasteiger partial charge >= 0.3 is 5.97 Å². The van der Waals surface area contributed by atoms with E-state index < -0.39 is 5.97 Å². The Hall–Kier alpha value is -3.26. The van der Waals surface area contributed by atoms with Gasteiger partial charge in [-0.3, -0.25) is 19.5 Å². The molecule has 2 aromatic carbocycles. The van der Waals surface area contributed by atoms with E-state index in [2.05, 4.69) is 15.2 Å². The van der Waals surface area contributed by atoms with Crippen molar-refractivity contribution >= 4 is 23.6 Å². The lowest BCUT2D eigenvalue weighted by atomic mass is 10.2. The first-order chi connectivity index (χ1) is 14.1. The topological polar surface area (TPSA) is 93.2 Å². The van der Waals surface area contributed by atoms with Crippen molar-refractivity contribution < 1.29 is 14.3 Å². The molecule has 7 nitrogen and oxygen atoms in total. The lowest BCUT2D eigenvalue weighted by molar-refractivity contribution is -0.139. The molecule has 0 atom stereocenters. The van der Waals surface area contributed by atoms with Crippen molar-refractivity contribution in [3.05, 3.63) is 82.3 Å². The van der Waals surface area contributed by atoms with Gasteiger partial charge in [-0.05, 0) is 36.4 Å². The largest absolute Gasteiger partial charge is 0.469 e. The number of thioether (sulfide) groups is 1. The van der Waals surface area contributed by atoms with Crippen LogP contribution in [0.2, 0.25) is 0 Å². The summed E-state index contributed by atoms with van der Waals surface area (Å²) in [5.74, 6) is 0.167. The van der Waals surface area contributed by atoms with Crippen LogP contribution in [0.15, 0.2) is 70.4 Å². The van der Waals surface area contributed by atoms with E-state index in [0.29, 0.717) is 23.5 Å². The lowest BCUT2D eigenvalue weighted by Gasteiger charge is -2.07. The number of H-pyrrole nitrogens is 1. The number of ether oxygens (including phenoxy) is 1. The number of hydrogen-bond acceptors (Lipinski definition) is 5. The number of carbonyl (C=O) groups excluding carboxylic acids is 2. The standard InChI is InChI=1S/C21H21N3O4S/c1-28-20(26)14-16-13-19(25)24(23-16)17-9-7-15(8-10-17)21(27)22-11-12-29-18-5-3-2-4-6-18/h2-10,13,23H,11-12,14H2,1H3,(H,22,27). The summed E-state index contributed by atoms with van der Waals surface area (Å²) in [6, 6.07) is 18.0. The normalized spacial score (nSPS) is 10.5. The Kier molecular flexibility index (Phi) is 6.91. The molecule has 0 unspecified atom stereocenters. The quantitative estimate of drug-likeness (QED) is 0.337. The number of hydrogen-bond donors (Lipinski definition) is 2. The van der Waals surface area contributed by atoms with Crippen LogP contribution in [-0.4, -0.2) is 41.1 Å². The first-order valence-electron chi connectivity index (χ1n) is 9.01. The van der Waals surface area contributed by atoms with Gasteiger partial charge in [0, 0.05) is 34.5 Å². The van der Waals surface area contributed by atoms with Crippen LogP contribution in [0.3, 0.4) is 0 Å². The van der Waals surface area contributed by atoms with Gasteiger partial charge in [-0.1, -0.05) is 18.2 Å². The zero-order chi connectivity index (χ0) is 20.6. The number of nitrogens with zero attached hydrogens (tertiary/aromatic N) is 1. The second-order valence-corrected chi connectivity index (χ2v) is 7.34. The number of aromatic nitrogens is 2. The third kappa shape index (κ3) is 5.61. The van der Waals surface area contributed by atoms with Crippen molar-refractivity contribution in [2.24, 2.45) is 0 Å². The smallest absolute Gasteiger partial charge is 0.311 e. The zero-order valence-corrected chi connectivity index (χ0v) is 16.7. The van der Waals surface area contributed by atoms with Gasteiger partial charge < -0.3 is 10.1 Å². The van der Waals surface area contributed by atoms with Gasteiger partial charge in [-0.2, -0.15) is 0 Å². The molecular weight excluding hydrogens is 390 g/mol. The Morgan fingerprint density at radius 2 is 1.83 bits per heavy atom. The highest BCUT2D eigenvalue weighted by atomic mass is 32.2. The SMILES string of the molecule is COC(=O)Cc1cc(=O)n(-c2ccc(C(=O)NCCSc3ccccc3)cc2)[nH]1. The number of nitrogens with one attached hydrogen (secondary N) is 2. The second-order valence-electron chi connectivity index (χ2n) is 6.17. The summed E-state index contributed by atoms with van der Waals surface area (Å²) in [5, 5.41) is 5.75. The fourth-order valence-corrected chi connectivity index (χ4v) is 3.46. The maximum Gasteiger partial charge on any atom is 0.311 e. The molecule has 150 valence electrons. The summed E-state index contributed by atoms with van der Waals surface area (Å²) >= 11 is 1.68. The Labute approximate surface area is 172 Å². The minimum Gasteiger partial charge on any atom is -0.469 e. The molecule has 0 bridgehead atoms. The van der Waals surface area contributed by atoms with Gasteiger partial charge in [-0.25, -0.2) is 4.68 Å². The van der Waals surface area contributed by atoms with E-state index in [1.165, 1.54) is 17.9 Å². The first kappa shape index (κ1) is 20.5. The first-order valence-corrected chi connectivity index (χ1v) is 9.99. The van der Waals surface area contributed by atoms with Crippen LogP contribution >= 0.6 is 11.8 Å². The number of aromatic amines is 1. The monoisotopic (exact) mass is 411 g/mol. The molecular formula is C21H21N3O4S. The molecule has 0 aliphatic rings. The molecule has 1 amide bonds. The highest BCUT2D eigenvalue weighted by Gasteiger charge is 2.10. The van der Waals surface area contributed by atoms with Crippen LogP contribution in [-0.2, 0) is 16.0 Å². The maximum atomic E-state index is 12.3. The highest BCUT2D eigenvalue weighted by molar-refractivity contribution is 7.99. The predicted molar refractivity (Wildman–Crippen MR) is 112 cm³/mol. The fraction of sp³-hybridized carbons (Fsp3) is 0.190. The summed E-state index contributed by atoms with van der Waals surface area (Å²) in [4.78, 5) is 36.9. The summed E-state index contributed by atoms with van der Waals surface area (Å²) in [5.41, 5.74) is 1.24. The van der Waals surface area contributed by atoms with Crippen molar-refractivity contribution in [3.8, 4) is 5.69 Å². The van der Waals surface area contributed by atoms with Gasteiger partial charge in [0.05, 0.1) is 19.2 Å². The summed E-state index contributed by atoms with van der Waals surface area (Å²) < 4.78 is 5.92. The number of esters is 1.